The minimum absolute atomic E-state index is 0.603. The van der Waals surface area contributed by atoms with E-state index in [0.29, 0.717) is 22.5 Å². The molecule has 2 fully saturated rings. The fraction of sp³-hybridized carbons (Fsp3) is 0.562. The van der Waals surface area contributed by atoms with Crippen LogP contribution in [-0.2, 0) is 6.42 Å². The third-order valence-corrected chi connectivity index (χ3v) is 5.88. The highest BCUT2D eigenvalue weighted by Crippen LogP contribution is 2.46. The lowest BCUT2D eigenvalue weighted by Crippen LogP contribution is -2.44. The van der Waals surface area contributed by atoms with Gasteiger partial charge in [-0.15, -0.1) is 0 Å². The SMILES string of the molecule is N#Cc1ccccc1CC1(O)CC2CCCC(C1)S2. The molecule has 2 heterocycles. The lowest BCUT2D eigenvalue weighted by Gasteiger charge is -2.44. The average Bonchev–Trinajstić information content (AvgIpc) is 2.38. The monoisotopic (exact) mass is 273 g/mol. The van der Waals surface area contributed by atoms with Crippen LogP contribution in [0.5, 0.6) is 0 Å². The van der Waals surface area contributed by atoms with Gasteiger partial charge in [0.15, 0.2) is 0 Å². The van der Waals surface area contributed by atoms with Crippen molar-refractivity contribution >= 4 is 11.8 Å². The maximum Gasteiger partial charge on any atom is 0.0994 e. The number of hydrogen-bond donors (Lipinski definition) is 1. The minimum atomic E-state index is -0.603. The molecule has 2 nitrogen and oxygen atoms in total. The van der Waals surface area contributed by atoms with E-state index >= 15 is 0 Å². The van der Waals surface area contributed by atoms with Gasteiger partial charge in [-0.3, -0.25) is 0 Å². The Morgan fingerprint density at radius 3 is 2.63 bits per heavy atom. The molecule has 19 heavy (non-hydrogen) atoms. The molecule has 2 unspecified atom stereocenters. The molecular formula is C16H19NOS. The van der Waals surface area contributed by atoms with E-state index in [1.165, 1.54) is 19.3 Å². The molecule has 1 N–H and O–H groups in total. The van der Waals surface area contributed by atoms with E-state index in [-0.39, 0.29) is 0 Å². The second-order valence-corrected chi connectivity index (χ2v) is 7.49. The molecule has 3 heteroatoms. The van der Waals surface area contributed by atoms with E-state index < -0.39 is 5.60 Å². The Bertz CT molecular complexity index is 496. The summed E-state index contributed by atoms with van der Waals surface area (Å²) in [5, 5.41) is 21.3. The van der Waals surface area contributed by atoms with E-state index in [1.54, 1.807) is 0 Å². The van der Waals surface area contributed by atoms with Crippen molar-refractivity contribution in [3.05, 3.63) is 35.4 Å². The van der Waals surface area contributed by atoms with Crippen LogP contribution in [0.25, 0.3) is 0 Å². The summed E-state index contributed by atoms with van der Waals surface area (Å²) in [5.74, 6) is 0. The van der Waals surface area contributed by atoms with Crippen LogP contribution in [0.1, 0.15) is 43.2 Å². The number of benzene rings is 1. The molecule has 2 aliphatic heterocycles. The second-order valence-electron chi connectivity index (χ2n) is 5.89. The summed E-state index contributed by atoms with van der Waals surface area (Å²) in [6.45, 7) is 0. The summed E-state index contributed by atoms with van der Waals surface area (Å²) < 4.78 is 0. The molecule has 0 amide bonds. The lowest BCUT2D eigenvalue weighted by molar-refractivity contribution is 0.0129. The second kappa shape index (κ2) is 5.19. The first-order valence-corrected chi connectivity index (χ1v) is 7.99. The first-order valence-electron chi connectivity index (χ1n) is 7.04. The number of nitrogens with zero attached hydrogens (tertiary/aromatic N) is 1. The van der Waals surface area contributed by atoms with Crippen molar-refractivity contribution in [3.8, 4) is 6.07 Å². The Morgan fingerprint density at radius 1 is 1.26 bits per heavy atom. The Hall–Kier alpha value is -0.980. The molecule has 0 radical (unpaired) electrons. The maximum absolute atomic E-state index is 10.9. The summed E-state index contributed by atoms with van der Waals surface area (Å²) in [6, 6.07) is 9.90. The van der Waals surface area contributed by atoms with Crippen LogP contribution in [-0.4, -0.2) is 21.2 Å². The molecule has 0 aliphatic carbocycles. The molecule has 3 rings (SSSR count). The van der Waals surface area contributed by atoms with Gasteiger partial charge in [-0.2, -0.15) is 17.0 Å². The highest BCUT2D eigenvalue weighted by Gasteiger charge is 2.41. The molecule has 1 aromatic rings. The maximum atomic E-state index is 10.9. The van der Waals surface area contributed by atoms with Gasteiger partial charge < -0.3 is 5.11 Å². The van der Waals surface area contributed by atoms with Crippen LogP contribution in [0.15, 0.2) is 24.3 Å². The summed E-state index contributed by atoms with van der Waals surface area (Å²) in [4.78, 5) is 0. The van der Waals surface area contributed by atoms with Gasteiger partial charge in [0.2, 0.25) is 0 Å². The summed E-state index contributed by atoms with van der Waals surface area (Å²) in [6.07, 6.45) is 6.19. The van der Waals surface area contributed by atoms with E-state index in [9.17, 15) is 5.11 Å². The fourth-order valence-electron chi connectivity index (χ4n) is 3.50. The van der Waals surface area contributed by atoms with Crippen LogP contribution in [0, 0.1) is 11.3 Å². The normalized spacial score (nSPS) is 33.7. The largest absolute Gasteiger partial charge is 0.389 e. The zero-order valence-electron chi connectivity index (χ0n) is 11.0. The highest BCUT2D eigenvalue weighted by atomic mass is 32.2. The van der Waals surface area contributed by atoms with Gasteiger partial charge in [-0.25, -0.2) is 0 Å². The molecule has 2 saturated heterocycles. The number of thioether (sulfide) groups is 1. The predicted molar refractivity (Wildman–Crippen MR) is 78.1 cm³/mol. The van der Waals surface area contributed by atoms with Crippen molar-refractivity contribution in [2.24, 2.45) is 0 Å². The molecule has 1 aromatic carbocycles. The number of aliphatic hydroxyl groups is 1. The van der Waals surface area contributed by atoms with Crippen LogP contribution < -0.4 is 0 Å². The summed E-state index contributed by atoms with van der Waals surface area (Å²) in [7, 11) is 0. The number of rotatable bonds is 2. The van der Waals surface area contributed by atoms with Crippen molar-refractivity contribution in [1.82, 2.24) is 0 Å². The number of fused-ring (bicyclic) bond motifs is 2. The molecule has 0 saturated carbocycles. The fourth-order valence-corrected chi connectivity index (χ4v) is 5.46. The molecule has 0 aromatic heterocycles. The van der Waals surface area contributed by atoms with Crippen LogP contribution in [0.2, 0.25) is 0 Å². The molecule has 2 bridgehead atoms. The topological polar surface area (TPSA) is 44.0 Å². The Balaban J connectivity index is 1.80. The van der Waals surface area contributed by atoms with Crippen LogP contribution >= 0.6 is 11.8 Å². The third kappa shape index (κ3) is 2.80. The van der Waals surface area contributed by atoms with Gasteiger partial charge in [0.25, 0.3) is 0 Å². The number of hydrogen-bond acceptors (Lipinski definition) is 3. The smallest absolute Gasteiger partial charge is 0.0994 e. The Kier molecular flexibility index (Phi) is 3.56. The van der Waals surface area contributed by atoms with Gasteiger partial charge in [0, 0.05) is 16.9 Å². The Labute approximate surface area is 118 Å². The van der Waals surface area contributed by atoms with Crippen molar-refractivity contribution in [1.29, 1.82) is 5.26 Å². The zero-order valence-corrected chi connectivity index (χ0v) is 11.8. The van der Waals surface area contributed by atoms with E-state index in [4.69, 9.17) is 5.26 Å². The van der Waals surface area contributed by atoms with E-state index in [0.717, 1.165) is 18.4 Å². The standard InChI is InChI=1S/C16H19NOS/c17-11-13-5-2-1-4-12(13)8-16(18)9-14-6-3-7-15(10-16)19-14/h1-2,4-5,14-15,18H,3,6-10H2. The van der Waals surface area contributed by atoms with Crippen molar-refractivity contribution in [2.75, 3.05) is 0 Å². The van der Waals surface area contributed by atoms with E-state index in [1.807, 2.05) is 24.3 Å². The van der Waals surface area contributed by atoms with Crippen LogP contribution in [0.4, 0.5) is 0 Å². The molecular weight excluding hydrogens is 254 g/mol. The van der Waals surface area contributed by atoms with Crippen LogP contribution in [0.3, 0.4) is 0 Å². The van der Waals surface area contributed by atoms with Gasteiger partial charge in [0.05, 0.1) is 17.2 Å². The summed E-state index contributed by atoms with van der Waals surface area (Å²) >= 11 is 2.07. The minimum Gasteiger partial charge on any atom is -0.389 e. The molecule has 2 aliphatic rings. The van der Waals surface area contributed by atoms with Crippen molar-refractivity contribution in [2.45, 2.75) is 54.6 Å². The Morgan fingerprint density at radius 2 is 1.95 bits per heavy atom. The lowest BCUT2D eigenvalue weighted by atomic mass is 9.80. The average molecular weight is 273 g/mol. The van der Waals surface area contributed by atoms with Crippen molar-refractivity contribution in [3.63, 3.8) is 0 Å². The highest BCUT2D eigenvalue weighted by molar-refractivity contribution is 8.00. The summed E-state index contributed by atoms with van der Waals surface area (Å²) in [5.41, 5.74) is 1.10. The first kappa shape index (κ1) is 13.0. The van der Waals surface area contributed by atoms with Gasteiger partial charge in [-0.1, -0.05) is 24.6 Å². The number of nitriles is 1. The molecule has 100 valence electrons. The third-order valence-electron chi connectivity index (χ3n) is 4.31. The quantitative estimate of drug-likeness (QED) is 0.899. The van der Waals surface area contributed by atoms with Gasteiger partial charge in [-0.05, 0) is 37.3 Å². The van der Waals surface area contributed by atoms with Gasteiger partial charge >= 0.3 is 0 Å². The van der Waals surface area contributed by atoms with E-state index in [2.05, 4.69) is 17.8 Å². The molecule has 2 atom stereocenters. The predicted octanol–water partition coefficient (Wildman–Crippen LogP) is 3.28. The molecule has 0 spiro atoms. The van der Waals surface area contributed by atoms with Gasteiger partial charge in [0.1, 0.15) is 0 Å². The van der Waals surface area contributed by atoms with Crippen molar-refractivity contribution < 1.29 is 5.11 Å². The first-order chi connectivity index (χ1) is 9.18. The zero-order chi connectivity index (χ0) is 13.3.